The maximum atomic E-state index is 12.5. The van der Waals surface area contributed by atoms with E-state index in [9.17, 15) is 4.79 Å². The average Bonchev–Trinajstić information content (AvgIpc) is 3.45. The first-order chi connectivity index (χ1) is 14.1. The molecule has 29 heavy (non-hydrogen) atoms. The average molecular weight is 424 g/mol. The second-order valence-electron chi connectivity index (χ2n) is 6.64. The minimum Gasteiger partial charge on any atom is -0.302 e. The molecule has 0 radical (unpaired) electrons. The minimum absolute atomic E-state index is 0.0488. The molecule has 0 saturated heterocycles. The summed E-state index contributed by atoms with van der Waals surface area (Å²) in [5.74, 6) is 2.75. The van der Waals surface area contributed by atoms with Crippen molar-refractivity contribution in [1.82, 2.24) is 33.9 Å². The number of rotatable bonds is 5. The summed E-state index contributed by atoms with van der Waals surface area (Å²) in [6, 6.07) is 12.2. The van der Waals surface area contributed by atoms with Gasteiger partial charge in [0.05, 0.1) is 17.8 Å². The lowest BCUT2D eigenvalue weighted by molar-refractivity contribution is 0.688. The summed E-state index contributed by atoms with van der Waals surface area (Å²) in [6.45, 7) is 2.67. The second kappa shape index (κ2) is 7.12. The van der Waals surface area contributed by atoms with Crippen molar-refractivity contribution >= 4 is 39.1 Å². The van der Waals surface area contributed by atoms with E-state index in [0.717, 1.165) is 22.3 Å². The predicted octanol–water partition coefficient (Wildman–Crippen LogP) is 2.88. The predicted molar refractivity (Wildman–Crippen MR) is 113 cm³/mol. The lowest BCUT2D eigenvalue weighted by Gasteiger charge is -2.08. The Labute approximate surface area is 173 Å². The molecule has 146 valence electrons. The van der Waals surface area contributed by atoms with E-state index in [1.54, 1.807) is 23.4 Å². The Morgan fingerprint density at radius 3 is 2.72 bits per heavy atom. The molecule has 8 nitrogen and oxygen atoms in total. The fourth-order valence-electron chi connectivity index (χ4n) is 3.29. The molecule has 10 heteroatoms. The molecular weight excluding hydrogens is 406 g/mol. The molecule has 0 aliphatic rings. The highest BCUT2D eigenvalue weighted by Gasteiger charge is 2.17. The van der Waals surface area contributed by atoms with Gasteiger partial charge < -0.3 is 4.57 Å². The summed E-state index contributed by atoms with van der Waals surface area (Å²) in [6.07, 6.45) is 0. The molecule has 0 aliphatic carbocycles. The van der Waals surface area contributed by atoms with Crippen LogP contribution in [0.3, 0.4) is 0 Å². The minimum atomic E-state index is -0.0488. The molecule has 1 aromatic carbocycles. The molecule has 0 amide bonds. The Morgan fingerprint density at radius 2 is 1.90 bits per heavy atom. The first-order valence-electron chi connectivity index (χ1n) is 9.00. The van der Waals surface area contributed by atoms with Gasteiger partial charge in [-0.05, 0) is 23.9 Å². The normalized spacial score (nSPS) is 11.7. The molecule has 4 heterocycles. The third-order valence-corrected chi connectivity index (χ3v) is 6.67. The van der Waals surface area contributed by atoms with Gasteiger partial charge in [-0.1, -0.05) is 42.1 Å². The molecule has 0 bridgehead atoms. The Morgan fingerprint density at radius 1 is 1.07 bits per heavy atom. The van der Waals surface area contributed by atoms with Crippen molar-refractivity contribution in [1.29, 1.82) is 0 Å². The van der Waals surface area contributed by atoms with Gasteiger partial charge in [0.1, 0.15) is 16.3 Å². The Bertz CT molecular complexity index is 1380. The Hall–Kier alpha value is -2.98. The van der Waals surface area contributed by atoms with Crippen LogP contribution in [-0.2, 0) is 19.3 Å². The highest BCUT2D eigenvalue weighted by molar-refractivity contribution is 7.98. The van der Waals surface area contributed by atoms with E-state index in [2.05, 4.69) is 37.1 Å². The molecule has 0 atom stereocenters. The smallest absolute Gasteiger partial charge is 0.272 e. The zero-order valence-electron chi connectivity index (χ0n) is 15.8. The lowest BCUT2D eigenvalue weighted by atomic mass is 10.2. The number of aromatic nitrogens is 7. The van der Waals surface area contributed by atoms with Crippen molar-refractivity contribution in [2.45, 2.75) is 24.4 Å². The molecule has 0 saturated carbocycles. The molecule has 0 spiro atoms. The highest BCUT2D eigenvalue weighted by atomic mass is 32.2. The molecule has 0 unspecified atom stereocenters. The van der Waals surface area contributed by atoms with Crippen molar-refractivity contribution in [3.05, 3.63) is 69.3 Å². The van der Waals surface area contributed by atoms with Crippen molar-refractivity contribution in [3.63, 3.8) is 0 Å². The van der Waals surface area contributed by atoms with E-state index in [0.29, 0.717) is 22.8 Å². The van der Waals surface area contributed by atoms with Crippen LogP contribution in [-0.4, -0.2) is 33.9 Å². The summed E-state index contributed by atoms with van der Waals surface area (Å²) in [7, 11) is 1.72. The zero-order chi connectivity index (χ0) is 20.0. The van der Waals surface area contributed by atoms with Crippen molar-refractivity contribution in [2.24, 2.45) is 7.05 Å². The lowest BCUT2D eigenvalue weighted by Crippen LogP contribution is -2.19. The number of hydrogen-bond acceptors (Lipinski definition) is 7. The Kier molecular flexibility index (Phi) is 4.44. The van der Waals surface area contributed by atoms with E-state index in [4.69, 9.17) is 0 Å². The van der Waals surface area contributed by atoms with Crippen LogP contribution >= 0.6 is 23.1 Å². The molecule has 0 fully saturated rings. The van der Waals surface area contributed by atoms with Crippen molar-refractivity contribution in [3.8, 4) is 0 Å². The van der Waals surface area contributed by atoms with Crippen molar-refractivity contribution < 1.29 is 0 Å². The monoisotopic (exact) mass is 423 g/mol. The van der Waals surface area contributed by atoms with E-state index in [-0.39, 0.29) is 5.56 Å². The highest BCUT2D eigenvalue weighted by Crippen LogP contribution is 2.25. The summed E-state index contributed by atoms with van der Waals surface area (Å²) >= 11 is 3.00. The number of fused-ring (bicyclic) bond motifs is 3. The van der Waals surface area contributed by atoms with Crippen molar-refractivity contribution in [2.75, 3.05) is 0 Å². The second-order valence-corrected chi connectivity index (χ2v) is 8.50. The number of aryl methyl sites for hydroxylation is 2. The number of thiophene rings is 1. The SMILES string of the molecule is Cc1nnc(SCc2nnc3n(C)c(=O)c4sccc4n23)n1Cc1ccccc1. The molecule has 0 N–H and O–H groups in total. The largest absolute Gasteiger partial charge is 0.302 e. The summed E-state index contributed by atoms with van der Waals surface area (Å²) in [5, 5.41) is 19.9. The summed E-state index contributed by atoms with van der Waals surface area (Å²) < 4.78 is 6.29. The third-order valence-electron chi connectivity index (χ3n) is 4.81. The van der Waals surface area contributed by atoms with E-state index in [1.807, 2.05) is 41.0 Å². The van der Waals surface area contributed by atoms with Gasteiger partial charge >= 0.3 is 0 Å². The van der Waals surface area contributed by atoms with Gasteiger partial charge in [-0.3, -0.25) is 13.8 Å². The maximum Gasteiger partial charge on any atom is 0.272 e. The van der Waals surface area contributed by atoms with Gasteiger partial charge in [-0.25, -0.2) is 0 Å². The van der Waals surface area contributed by atoms with Crippen LogP contribution in [0.4, 0.5) is 0 Å². The van der Waals surface area contributed by atoms with Crippen LogP contribution in [0.25, 0.3) is 16.0 Å². The van der Waals surface area contributed by atoms with Crippen LogP contribution < -0.4 is 5.56 Å². The number of thioether (sulfide) groups is 1. The third kappa shape index (κ3) is 3.04. The number of benzene rings is 1. The van der Waals surface area contributed by atoms with Gasteiger partial charge in [-0.15, -0.1) is 31.7 Å². The first kappa shape index (κ1) is 18.1. The van der Waals surface area contributed by atoms with Gasteiger partial charge in [0, 0.05) is 7.05 Å². The topological polar surface area (TPSA) is 82.9 Å². The molecule has 4 aromatic heterocycles. The maximum absolute atomic E-state index is 12.5. The van der Waals surface area contributed by atoms with Crippen LogP contribution in [0.15, 0.2) is 51.7 Å². The van der Waals surface area contributed by atoms with Crippen LogP contribution in [0.2, 0.25) is 0 Å². The van der Waals surface area contributed by atoms with E-state index < -0.39 is 0 Å². The molecule has 5 rings (SSSR count). The number of hydrogen-bond donors (Lipinski definition) is 0. The quantitative estimate of drug-likeness (QED) is 0.404. The van der Waals surface area contributed by atoms with Gasteiger partial charge in [0.15, 0.2) is 5.16 Å². The molecule has 0 aliphatic heterocycles. The fourth-order valence-corrected chi connectivity index (χ4v) is 5.04. The van der Waals surface area contributed by atoms with E-state index >= 15 is 0 Å². The summed E-state index contributed by atoms with van der Waals surface area (Å²) in [5.41, 5.74) is 1.99. The standard InChI is InChI=1S/C19H17N7OS2/c1-12-20-23-19(25(12)10-13-6-4-3-5-7-13)29-11-15-21-22-18-24(2)17(27)16-14(26(15)18)8-9-28-16/h3-9H,10-11H2,1-2H3. The zero-order valence-corrected chi connectivity index (χ0v) is 17.4. The van der Waals surface area contributed by atoms with Gasteiger partial charge in [0.2, 0.25) is 5.78 Å². The fraction of sp³-hybridized carbons (Fsp3) is 0.211. The number of nitrogens with zero attached hydrogens (tertiary/aromatic N) is 7. The first-order valence-corrected chi connectivity index (χ1v) is 10.9. The van der Waals surface area contributed by atoms with Crippen LogP contribution in [0, 0.1) is 6.92 Å². The van der Waals surface area contributed by atoms with Crippen LogP contribution in [0.5, 0.6) is 0 Å². The molecular formula is C19H17N7OS2. The van der Waals surface area contributed by atoms with Gasteiger partial charge in [-0.2, -0.15) is 0 Å². The van der Waals surface area contributed by atoms with Gasteiger partial charge in [0.25, 0.3) is 5.56 Å². The molecule has 5 aromatic rings. The summed E-state index contributed by atoms with van der Waals surface area (Å²) in [4.78, 5) is 12.5. The van der Waals surface area contributed by atoms with E-state index in [1.165, 1.54) is 16.9 Å². The van der Waals surface area contributed by atoms with Crippen LogP contribution in [0.1, 0.15) is 17.2 Å². The Balaban J connectivity index is 1.49.